The number of amides is 1. The van der Waals surface area contributed by atoms with E-state index in [4.69, 9.17) is 10.2 Å². The summed E-state index contributed by atoms with van der Waals surface area (Å²) in [6.45, 7) is 5.51. The second-order valence-electron chi connectivity index (χ2n) is 5.95. The molecule has 0 atom stereocenters. The predicted molar refractivity (Wildman–Crippen MR) is 84.6 cm³/mol. The Bertz CT molecular complexity index is 677. The number of anilines is 1. The van der Waals surface area contributed by atoms with Crippen LogP contribution in [-0.4, -0.2) is 27.3 Å². The van der Waals surface area contributed by atoms with Crippen LogP contribution in [-0.2, 0) is 19.4 Å². The van der Waals surface area contributed by atoms with Crippen LogP contribution in [0.3, 0.4) is 0 Å². The molecule has 0 aromatic carbocycles. The molecule has 2 aromatic rings. The van der Waals surface area contributed by atoms with Gasteiger partial charge in [0.15, 0.2) is 11.0 Å². The lowest BCUT2D eigenvalue weighted by Gasteiger charge is -2.24. The van der Waals surface area contributed by atoms with Gasteiger partial charge in [-0.3, -0.25) is 4.79 Å². The second kappa shape index (κ2) is 6.08. The van der Waals surface area contributed by atoms with Crippen LogP contribution in [0.25, 0.3) is 0 Å². The minimum atomic E-state index is -0.0356. The Hall–Kier alpha value is -1.89. The minimum Gasteiger partial charge on any atom is -0.445 e. The molecule has 0 fully saturated rings. The first-order valence-corrected chi connectivity index (χ1v) is 8.32. The van der Waals surface area contributed by atoms with Crippen LogP contribution in [0.2, 0.25) is 0 Å². The Kier molecular flexibility index (Phi) is 4.15. The molecule has 0 radical (unpaired) electrons. The van der Waals surface area contributed by atoms with Gasteiger partial charge < -0.3 is 15.1 Å². The molecular weight excluding hydrogens is 300 g/mol. The summed E-state index contributed by atoms with van der Waals surface area (Å²) in [6.07, 6.45) is 4.16. The quantitative estimate of drug-likeness (QED) is 0.935. The molecule has 3 heterocycles. The molecule has 0 spiro atoms. The van der Waals surface area contributed by atoms with Gasteiger partial charge >= 0.3 is 0 Å². The third-order valence-corrected chi connectivity index (χ3v) is 4.54. The molecule has 22 heavy (non-hydrogen) atoms. The number of nitrogens with zero attached hydrogens (tertiary/aromatic N) is 3. The number of nitrogen functional groups attached to an aromatic ring is 1. The molecule has 0 aliphatic carbocycles. The van der Waals surface area contributed by atoms with Crippen molar-refractivity contribution in [2.45, 2.75) is 39.7 Å². The van der Waals surface area contributed by atoms with Gasteiger partial charge in [0.2, 0.25) is 0 Å². The maximum Gasteiger partial charge on any atom is 0.266 e. The highest BCUT2D eigenvalue weighted by Crippen LogP contribution is 2.24. The van der Waals surface area contributed by atoms with Gasteiger partial charge in [0.1, 0.15) is 16.3 Å². The van der Waals surface area contributed by atoms with Crippen LogP contribution in [0, 0.1) is 5.92 Å². The highest BCUT2D eigenvalue weighted by molar-refractivity contribution is 7.17. The fourth-order valence-electron chi connectivity index (χ4n) is 2.49. The molecule has 2 N–H and O–H groups in total. The molecule has 0 saturated carbocycles. The zero-order chi connectivity index (χ0) is 15.7. The largest absolute Gasteiger partial charge is 0.445 e. The summed E-state index contributed by atoms with van der Waals surface area (Å²) >= 11 is 1.22. The van der Waals surface area contributed by atoms with Crippen LogP contribution < -0.4 is 5.73 Å². The highest BCUT2D eigenvalue weighted by atomic mass is 32.1. The van der Waals surface area contributed by atoms with Crippen molar-refractivity contribution in [1.29, 1.82) is 0 Å². The van der Waals surface area contributed by atoms with Crippen molar-refractivity contribution in [3.8, 4) is 0 Å². The highest BCUT2D eigenvalue weighted by Gasteiger charge is 2.27. The molecule has 1 aliphatic rings. The normalized spacial score (nSPS) is 14.4. The van der Waals surface area contributed by atoms with Crippen molar-refractivity contribution in [3.63, 3.8) is 0 Å². The maximum atomic E-state index is 12.4. The topological polar surface area (TPSA) is 85.2 Å². The third-order valence-electron chi connectivity index (χ3n) is 3.73. The summed E-state index contributed by atoms with van der Waals surface area (Å²) in [7, 11) is 0. The zero-order valence-corrected chi connectivity index (χ0v) is 13.7. The number of aromatic nitrogens is 2. The summed E-state index contributed by atoms with van der Waals surface area (Å²) in [6, 6.07) is 0. The van der Waals surface area contributed by atoms with E-state index < -0.39 is 0 Å². The molecule has 6 nitrogen and oxygen atoms in total. The van der Waals surface area contributed by atoms with Gasteiger partial charge in [-0.15, -0.1) is 0 Å². The lowest BCUT2D eigenvalue weighted by atomic mass is 10.1. The summed E-state index contributed by atoms with van der Waals surface area (Å²) in [5.41, 5.74) is 6.48. The van der Waals surface area contributed by atoms with Crippen LogP contribution in [0.5, 0.6) is 0 Å². The summed E-state index contributed by atoms with van der Waals surface area (Å²) < 4.78 is 5.82. The number of nitrogens with two attached hydrogens (primary N) is 1. The number of rotatable bonds is 4. The van der Waals surface area contributed by atoms with Gasteiger partial charge in [0, 0.05) is 19.4 Å². The molecule has 1 amide bonds. The molecule has 0 unspecified atom stereocenters. The van der Waals surface area contributed by atoms with Gasteiger partial charge in [-0.25, -0.2) is 9.97 Å². The molecular formula is C15H20N4O2S. The van der Waals surface area contributed by atoms with E-state index in [1.54, 1.807) is 4.90 Å². The van der Waals surface area contributed by atoms with Crippen molar-refractivity contribution >= 4 is 22.4 Å². The van der Waals surface area contributed by atoms with Gasteiger partial charge in [0.25, 0.3) is 5.91 Å². The molecule has 0 bridgehead atoms. The van der Waals surface area contributed by atoms with E-state index >= 15 is 0 Å². The van der Waals surface area contributed by atoms with E-state index in [1.165, 1.54) is 17.5 Å². The van der Waals surface area contributed by atoms with Crippen LogP contribution in [0.1, 0.15) is 47.3 Å². The number of fused-ring (bicyclic) bond motifs is 1. The number of carbonyl (C=O) groups is 1. The molecule has 2 aromatic heterocycles. The van der Waals surface area contributed by atoms with Gasteiger partial charge in [-0.1, -0.05) is 25.2 Å². The number of hydrogen-bond donors (Lipinski definition) is 1. The average molecular weight is 320 g/mol. The second-order valence-corrected chi connectivity index (χ2v) is 7.01. The maximum absolute atomic E-state index is 12.4. The van der Waals surface area contributed by atoms with E-state index in [0.717, 1.165) is 30.2 Å². The lowest BCUT2D eigenvalue weighted by Crippen LogP contribution is -2.35. The molecule has 7 heteroatoms. The van der Waals surface area contributed by atoms with Crippen LogP contribution in [0.15, 0.2) is 10.6 Å². The van der Waals surface area contributed by atoms with Crippen molar-refractivity contribution < 1.29 is 9.21 Å². The van der Waals surface area contributed by atoms with Gasteiger partial charge in [-0.2, -0.15) is 0 Å². The Balaban J connectivity index is 1.69. The van der Waals surface area contributed by atoms with E-state index in [2.05, 4.69) is 23.8 Å². The molecule has 0 saturated heterocycles. The zero-order valence-electron chi connectivity index (χ0n) is 12.8. The van der Waals surface area contributed by atoms with Crippen molar-refractivity contribution in [3.05, 3.63) is 28.4 Å². The van der Waals surface area contributed by atoms with E-state index in [-0.39, 0.29) is 5.91 Å². The molecule has 3 rings (SSSR count). The SMILES string of the molecule is CC(C)CCc1nc2c(o1)CCN(C(=O)c1cnc(N)s1)C2. The Labute approximate surface area is 133 Å². The number of aryl methyl sites for hydroxylation is 1. The summed E-state index contributed by atoms with van der Waals surface area (Å²) in [5.74, 6) is 2.30. The number of thiazole rings is 1. The third kappa shape index (κ3) is 3.14. The van der Waals surface area contributed by atoms with Crippen LogP contribution in [0.4, 0.5) is 5.13 Å². The van der Waals surface area contributed by atoms with E-state index in [1.807, 2.05) is 0 Å². The Morgan fingerprint density at radius 3 is 3.05 bits per heavy atom. The minimum absolute atomic E-state index is 0.0356. The van der Waals surface area contributed by atoms with Gasteiger partial charge in [0.05, 0.1) is 12.7 Å². The first-order chi connectivity index (χ1) is 10.5. The Morgan fingerprint density at radius 2 is 2.36 bits per heavy atom. The fourth-order valence-corrected chi connectivity index (χ4v) is 3.14. The standard InChI is InChI=1S/C15H20N4O2S/c1-9(2)3-4-13-18-10-8-19(6-5-11(10)21-13)14(20)12-7-17-15(16)22-12/h7,9H,3-6,8H2,1-2H3,(H2,16,17). The summed E-state index contributed by atoms with van der Waals surface area (Å²) in [4.78, 5) is 23.3. The molecule has 118 valence electrons. The number of hydrogen-bond acceptors (Lipinski definition) is 6. The Morgan fingerprint density at radius 1 is 1.55 bits per heavy atom. The van der Waals surface area contributed by atoms with Crippen LogP contribution >= 0.6 is 11.3 Å². The average Bonchev–Trinajstić information content (AvgIpc) is 3.09. The smallest absolute Gasteiger partial charge is 0.266 e. The lowest BCUT2D eigenvalue weighted by molar-refractivity contribution is 0.0732. The fraction of sp³-hybridized carbons (Fsp3) is 0.533. The van der Waals surface area contributed by atoms with E-state index in [9.17, 15) is 4.79 Å². The first-order valence-electron chi connectivity index (χ1n) is 7.51. The van der Waals surface area contributed by atoms with Crippen molar-refractivity contribution in [2.24, 2.45) is 5.92 Å². The monoisotopic (exact) mass is 320 g/mol. The number of carbonyl (C=O) groups excluding carboxylic acids is 1. The van der Waals surface area contributed by atoms with Gasteiger partial charge in [-0.05, 0) is 12.3 Å². The van der Waals surface area contributed by atoms with Crippen molar-refractivity contribution in [1.82, 2.24) is 14.9 Å². The van der Waals surface area contributed by atoms with Crippen molar-refractivity contribution in [2.75, 3.05) is 12.3 Å². The summed E-state index contributed by atoms with van der Waals surface area (Å²) in [5, 5.41) is 0.415. The number of oxazole rings is 1. The first kappa shape index (κ1) is 15.0. The predicted octanol–water partition coefficient (Wildman–Crippen LogP) is 2.50. The van der Waals surface area contributed by atoms with E-state index in [0.29, 0.717) is 35.4 Å². The molecule has 1 aliphatic heterocycles.